The zero-order valence-corrected chi connectivity index (χ0v) is 17.2. The Morgan fingerprint density at radius 1 is 0.879 bits per heavy atom. The van der Waals surface area contributed by atoms with Gasteiger partial charge in [-0.05, 0) is 36.4 Å². The number of para-hydroxylation sites is 1. The highest BCUT2D eigenvalue weighted by molar-refractivity contribution is 6.17. The SMILES string of the molecule is COc1cccc(NC(=O)c2oc3ccccc3c2NC(=O)c2ccccc2C(F)(F)F)c1. The van der Waals surface area contributed by atoms with E-state index in [2.05, 4.69) is 10.6 Å². The van der Waals surface area contributed by atoms with Gasteiger partial charge in [-0.3, -0.25) is 9.59 Å². The van der Waals surface area contributed by atoms with Gasteiger partial charge in [0.15, 0.2) is 0 Å². The lowest BCUT2D eigenvalue weighted by Crippen LogP contribution is -2.20. The van der Waals surface area contributed by atoms with Gasteiger partial charge >= 0.3 is 6.18 Å². The highest BCUT2D eigenvalue weighted by Gasteiger charge is 2.35. The van der Waals surface area contributed by atoms with E-state index >= 15 is 0 Å². The van der Waals surface area contributed by atoms with Crippen LogP contribution in [0.5, 0.6) is 5.75 Å². The van der Waals surface area contributed by atoms with Crippen LogP contribution in [0.1, 0.15) is 26.5 Å². The Kier molecular flexibility index (Phi) is 5.78. The molecule has 0 fully saturated rings. The number of fused-ring (bicyclic) bond motifs is 1. The van der Waals surface area contributed by atoms with Crippen LogP contribution in [0.25, 0.3) is 11.0 Å². The van der Waals surface area contributed by atoms with Gasteiger partial charge in [-0.15, -0.1) is 0 Å². The van der Waals surface area contributed by atoms with Crippen molar-refractivity contribution in [3.8, 4) is 5.75 Å². The topological polar surface area (TPSA) is 80.6 Å². The van der Waals surface area contributed by atoms with Crippen molar-refractivity contribution in [1.29, 1.82) is 0 Å². The monoisotopic (exact) mass is 454 g/mol. The van der Waals surface area contributed by atoms with E-state index in [1.54, 1.807) is 48.5 Å². The van der Waals surface area contributed by atoms with Crippen LogP contribution in [0, 0.1) is 0 Å². The lowest BCUT2D eigenvalue weighted by atomic mass is 10.1. The van der Waals surface area contributed by atoms with Crippen LogP contribution in [-0.2, 0) is 6.18 Å². The van der Waals surface area contributed by atoms with Gasteiger partial charge in [0.1, 0.15) is 17.0 Å². The van der Waals surface area contributed by atoms with E-state index < -0.39 is 29.1 Å². The molecule has 9 heteroatoms. The molecule has 1 aromatic heterocycles. The molecule has 2 amide bonds. The maximum absolute atomic E-state index is 13.4. The molecule has 0 radical (unpaired) electrons. The number of nitrogens with one attached hydrogen (secondary N) is 2. The summed E-state index contributed by atoms with van der Waals surface area (Å²) in [6.45, 7) is 0. The molecular weight excluding hydrogens is 437 g/mol. The van der Waals surface area contributed by atoms with Gasteiger partial charge in [-0.2, -0.15) is 13.2 Å². The minimum Gasteiger partial charge on any atom is -0.497 e. The molecule has 4 rings (SSSR count). The van der Waals surface area contributed by atoms with Gasteiger partial charge < -0.3 is 19.8 Å². The van der Waals surface area contributed by atoms with E-state index in [4.69, 9.17) is 9.15 Å². The predicted molar refractivity (Wildman–Crippen MR) is 117 cm³/mol. The van der Waals surface area contributed by atoms with Crippen molar-refractivity contribution in [3.05, 3.63) is 89.7 Å². The first-order valence-electron chi connectivity index (χ1n) is 9.72. The maximum atomic E-state index is 13.4. The van der Waals surface area contributed by atoms with Crippen LogP contribution in [0.2, 0.25) is 0 Å². The first-order chi connectivity index (χ1) is 15.8. The van der Waals surface area contributed by atoms with Gasteiger partial charge in [0.05, 0.1) is 18.2 Å². The zero-order chi connectivity index (χ0) is 23.6. The average molecular weight is 454 g/mol. The maximum Gasteiger partial charge on any atom is 0.417 e. The Morgan fingerprint density at radius 3 is 2.36 bits per heavy atom. The van der Waals surface area contributed by atoms with Crippen molar-refractivity contribution >= 4 is 34.2 Å². The summed E-state index contributed by atoms with van der Waals surface area (Å²) in [6, 6.07) is 17.5. The number of alkyl halides is 3. The molecular formula is C24H17F3N2O4. The molecule has 0 aliphatic carbocycles. The molecule has 0 saturated heterocycles. The highest BCUT2D eigenvalue weighted by Crippen LogP contribution is 2.35. The number of anilines is 2. The van der Waals surface area contributed by atoms with Crippen LogP contribution in [0.3, 0.4) is 0 Å². The van der Waals surface area contributed by atoms with E-state index in [1.165, 1.54) is 19.2 Å². The third-order valence-electron chi connectivity index (χ3n) is 4.84. The molecule has 1 heterocycles. The number of furan rings is 1. The van der Waals surface area contributed by atoms with Crippen molar-refractivity contribution < 1.29 is 31.9 Å². The molecule has 4 aromatic rings. The van der Waals surface area contributed by atoms with Crippen molar-refractivity contribution in [2.45, 2.75) is 6.18 Å². The number of halogens is 3. The number of carbonyl (C=O) groups excluding carboxylic acids is 2. The standard InChI is InChI=1S/C24H17F3N2O4/c1-32-15-8-6-7-14(13-15)28-23(31)21-20(17-10-3-5-12-19(17)33-21)29-22(30)16-9-2-4-11-18(16)24(25,26)27/h2-13H,1H3,(H,28,31)(H,29,30). The first kappa shape index (κ1) is 21.9. The molecule has 168 valence electrons. The number of methoxy groups -OCH3 is 1. The zero-order valence-electron chi connectivity index (χ0n) is 17.2. The molecule has 0 aliphatic heterocycles. The Labute approximate surface area is 186 Å². The summed E-state index contributed by atoms with van der Waals surface area (Å²) in [4.78, 5) is 25.8. The third kappa shape index (κ3) is 4.52. The molecule has 0 bridgehead atoms. The fraction of sp³-hybridized carbons (Fsp3) is 0.0833. The Balaban J connectivity index is 1.72. The summed E-state index contributed by atoms with van der Waals surface area (Å²) in [5.74, 6) is -1.46. The van der Waals surface area contributed by atoms with Crippen molar-refractivity contribution in [1.82, 2.24) is 0 Å². The normalized spacial score (nSPS) is 11.3. The first-order valence-corrected chi connectivity index (χ1v) is 9.72. The Morgan fingerprint density at radius 2 is 1.61 bits per heavy atom. The number of hydrogen-bond donors (Lipinski definition) is 2. The number of carbonyl (C=O) groups is 2. The van der Waals surface area contributed by atoms with Crippen LogP contribution in [0.4, 0.5) is 24.5 Å². The lowest BCUT2D eigenvalue weighted by molar-refractivity contribution is -0.137. The van der Waals surface area contributed by atoms with Crippen molar-refractivity contribution in [2.75, 3.05) is 17.7 Å². The van der Waals surface area contributed by atoms with Crippen LogP contribution in [0.15, 0.2) is 77.2 Å². The molecule has 0 unspecified atom stereocenters. The second-order valence-electron chi connectivity index (χ2n) is 6.99. The molecule has 0 saturated carbocycles. The van der Waals surface area contributed by atoms with Crippen LogP contribution < -0.4 is 15.4 Å². The number of benzene rings is 3. The third-order valence-corrected chi connectivity index (χ3v) is 4.84. The minimum atomic E-state index is -4.72. The molecule has 0 atom stereocenters. The Hall–Kier alpha value is -4.27. The molecule has 33 heavy (non-hydrogen) atoms. The van der Waals surface area contributed by atoms with Crippen molar-refractivity contribution in [2.24, 2.45) is 0 Å². The van der Waals surface area contributed by atoms with Gasteiger partial charge in [-0.1, -0.05) is 30.3 Å². The predicted octanol–water partition coefficient (Wildman–Crippen LogP) is 5.96. The van der Waals surface area contributed by atoms with E-state index in [9.17, 15) is 22.8 Å². The lowest BCUT2D eigenvalue weighted by Gasteiger charge is -2.13. The van der Waals surface area contributed by atoms with Crippen molar-refractivity contribution in [3.63, 3.8) is 0 Å². The number of ether oxygens (including phenoxy) is 1. The van der Waals surface area contributed by atoms with E-state index in [0.29, 0.717) is 16.8 Å². The van der Waals surface area contributed by atoms with Crippen LogP contribution in [-0.4, -0.2) is 18.9 Å². The van der Waals surface area contributed by atoms with Gasteiger partial charge in [0, 0.05) is 17.1 Å². The average Bonchev–Trinajstić information content (AvgIpc) is 3.17. The van der Waals surface area contributed by atoms with E-state index in [0.717, 1.165) is 12.1 Å². The number of hydrogen-bond acceptors (Lipinski definition) is 4. The Bertz CT molecular complexity index is 1350. The molecule has 2 N–H and O–H groups in total. The summed E-state index contributed by atoms with van der Waals surface area (Å²) in [5, 5.41) is 5.44. The molecule has 0 aliphatic rings. The largest absolute Gasteiger partial charge is 0.497 e. The fourth-order valence-electron chi connectivity index (χ4n) is 3.33. The molecule has 3 aromatic carbocycles. The van der Waals surface area contributed by atoms with Crippen LogP contribution >= 0.6 is 0 Å². The van der Waals surface area contributed by atoms with Gasteiger partial charge in [-0.25, -0.2) is 0 Å². The summed E-state index contributed by atoms with van der Waals surface area (Å²) in [7, 11) is 1.48. The summed E-state index contributed by atoms with van der Waals surface area (Å²) >= 11 is 0. The second kappa shape index (κ2) is 8.70. The summed E-state index contributed by atoms with van der Waals surface area (Å²) in [6.07, 6.45) is -4.72. The molecule has 6 nitrogen and oxygen atoms in total. The molecule has 0 spiro atoms. The summed E-state index contributed by atoms with van der Waals surface area (Å²) < 4.78 is 50.9. The highest BCUT2D eigenvalue weighted by atomic mass is 19.4. The number of amides is 2. The smallest absolute Gasteiger partial charge is 0.417 e. The minimum absolute atomic E-state index is 0.0343. The number of rotatable bonds is 5. The fourth-order valence-corrected chi connectivity index (χ4v) is 3.33. The second-order valence-corrected chi connectivity index (χ2v) is 6.99. The summed E-state index contributed by atoms with van der Waals surface area (Å²) in [5.41, 5.74) is -1.01. The van der Waals surface area contributed by atoms with Gasteiger partial charge in [0.25, 0.3) is 11.8 Å². The quantitative estimate of drug-likeness (QED) is 0.390. The van der Waals surface area contributed by atoms with E-state index in [1.807, 2.05) is 0 Å². The van der Waals surface area contributed by atoms with Gasteiger partial charge in [0.2, 0.25) is 5.76 Å². The van der Waals surface area contributed by atoms with E-state index in [-0.39, 0.29) is 17.0 Å².